The predicted octanol–water partition coefficient (Wildman–Crippen LogP) is 4.34. The van der Waals surface area contributed by atoms with Crippen molar-refractivity contribution in [2.75, 3.05) is 13.7 Å². The second kappa shape index (κ2) is 7.50. The molecule has 0 fully saturated rings. The van der Waals surface area contributed by atoms with Gasteiger partial charge < -0.3 is 9.64 Å². The van der Waals surface area contributed by atoms with Crippen LogP contribution in [0.15, 0.2) is 54.7 Å². The molecule has 0 unspecified atom stereocenters. The summed E-state index contributed by atoms with van der Waals surface area (Å²) in [6.45, 7) is 5.50. The number of hydrogen-bond donors (Lipinski definition) is 0. The molecule has 0 aliphatic carbocycles. The van der Waals surface area contributed by atoms with Gasteiger partial charge in [0.15, 0.2) is 0 Å². The summed E-state index contributed by atoms with van der Waals surface area (Å²) in [5.74, 6) is 0.901. The molecule has 1 aliphatic rings. The highest BCUT2D eigenvalue weighted by Crippen LogP contribution is 2.36. The lowest BCUT2D eigenvalue weighted by Gasteiger charge is -2.36. The van der Waals surface area contributed by atoms with E-state index in [2.05, 4.69) is 42.4 Å². The van der Waals surface area contributed by atoms with Crippen LogP contribution >= 0.6 is 0 Å². The molecule has 0 N–H and O–H groups in total. The highest BCUT2D eigenvalue weighted by Gasteiger charge is 2.30. The molecule has 5 nitrogen and oxygen atoms in total. The summed E-state index contributed by atoms with van der Waals surface area (Å²) in [7, 11) is 1.68. The van der Waals surface area contributed by atoms with Crippen molar-refractivity contribution in [3.63, 3.8) is 0 Å². The molecule has 2 heterocycles. The van der Waals surface area contributed by atoms with Gasteiger partial charge in [0, 0.05) is 19.3 Å². The van der Waals surface area contributed by atoms with Crippen LogP contribution in [0.4, 0.5) is 0 Å². The first-order chi connectivity index (χ1) is 13.6. The Bertz CT molecular complexity index is 991. The van der Waals surface area contributed by atoms with Gasteiger partial charge in [-0.1, -0.05) is 30.3 Å². The van der Waals surface area contributed by atoms with Gasteiger partial charge in [-0.15, -0.1) is 0 Å². The van der Waals surface area contributed by atoms with Crippen LogP contribution in [0.5, 0.6) is 5.75 Å². The van der Waals surface area contributed by atoms with Crippen LogP contribution in [0.25, 0.3) is 11.1 Å². The second-order valence-electron chi connectivity index (χ2n) is 7.06. The third-order valence-corrected chi connectivity index (χ3v) is 5.63. The molecule has 3 aromatic rings. The first-order valence-electron chi connectivity index (χ1n) is 9.73. The summed E-state index contributed by atoms with van der Waals surface area (Å²) in [6.07, 6.45) is 2.54. The molecular weight excluding hydrogens is 350 g/mol. The molecule has 4 rings (SSSR count). The Morgan fingerprint density at radius 2 is 1.96 bits per heavy atom. The van der Waals surface area contributed by atoms with E-state index in [1.807, 2.05) is 30.0 Å². The maximum Gasteiger partial charge on any atom is 0.272 e. The van der Waals surface area contributed by atoms with E-state index in [0.29, 0.717) is 18.8 Å². The normalized spacial score (nSPS) is 16.0. The Labute approximate surface area is 165 Å². The number of nitrogens with zero attached hydrogens (tertiary/aromatic N) is 3. The summed E-state index contributed by atoms with van der Waals surface area (Å²) in [6, 6.07) is 16.4. The molecule has 0 saturated carbocycles. The second-order valence-corrected chi connectivity index (χ2v) is 7.06. The minimum Gasteiger partial charge on any atom is -0.497 e. The topological polar surface area (TPSA) is 47.4 Å². The van der Waals surface area contributed by atoms with Crippen LogP contribution in [0.3, 0.4) is 0 Å². The quantitative estimate of drug-likeness (QED) is 0.682. The zero-order valence-corrected chi connectivity index (χ0v) is 16.6. The van der Waals surface area contributed by atoms with Crippen molar-refractivity contribution in [2.45, 2.75) is 32.9 Å². The predicted molar refractivity (Wildman–Crippen MR) is 109 cm³/mol. The van der Waals surface area contributed by atoms with Crippen LogP contribution in [0, 0.1) is 0 Å². The summed E-state index contributed by atoms with van der Waals surface area (Å²) in [4.78, 5) is 15.1. The summed E-state index contributed by atoms with van der Waals surface area (Å²) in [5, 5.41) is 4.25. The van der Waals surface area contributed by atoms with Crippen molar-refractivity contribution in [1.82, 2.24) is 14.7 Å². The molecule has 0 saturated heterocycles. The molecule has 0 radical (unpaired) electrons. The molecule has 28 heavy (non-hydrogen) atoms. The molecule has 0 bridgehead atoms. The Kier molecular flexibility index (Phi) is 4.90. The van der Waals surface area contributed by atoms with Gasteiger partial charge in [0.1, 0.15) is 11.4 Å². The summed E-state index contributed by atoms with van der Waals surface area (Å²) >= 11 is 0. The number of rotatable bonds is 4. The number of amides is 1. The molecule has 2 aromatic carbocycles. The van der Waals surface area contributed by atoms with E-state index in [9.17, 15) is 4.79 Å². The van der Waals surface area contributed by atoms with Crippen molar-refractivity contribution in [2.24, 2.45) is 0 Å². The van der Waals surface area contributed by atoms with Crippen molar-refractivity contribution in [1.29, 1.82) is 0 Å². The third kappa shape index (κ3) is 3.07. The SMILES string of the molecule is CCn1nccc1C(=O)N1CCc2c(-c3ccc(OC)cc3)cccc2[C@H]1C. The first-order valence-corrected chi connectivity index (χ1v) is 9.73. The number of fused-ring (bicyclic) bond motifs is 1. The van der Waals surface area contributed by atoms with Gasteiger partial charge in [0.2, 0.25) is 0 Å². The minimum atomic E-state index is 0.0228. The third-order valence-electron chi connectivity index (χ3n) is 5.63. The molecule has 144 valence electrons. The number of aryl methyl sites for hydroxylation is 1. The smallest absolute Gasteiger partial charge is 0.272 e. The van der Waals surface area contributed by atoms with E-state index >= 15 is 0 Å². The van der Waals surface area contributed by atoms with Crippen LogP contribution in [-0.2, 0) is 13.0 Å². The zero-order valence-electron chi connectivity index (χ0n) is 16.6. The lowest BCUT2D eigenvalue weighted by Crippen LogP contribution is -2.40. The number of aromatic nitrogens is 2. The first kappa shape index (κ1) is 18.3. The van der Waals surface area contributed by atoms with E-state index in [1.165, 1.54) is 22.3 Å². The highest BCUT2D eigenvalue weighted by molar-refractivity contribution is 5.93. The van der Waals surface area contributed by atoms with Gasteiger partial charge in [0.05, 0.1) is 13.2 Å². The van der Waals surface area contributed by atoms with E-state index in [0.717, 1.165) is 12.2 Å². The van der Waals surface area contributed by atoms with Crippen LogP contribution in [-0.4, -0.2) is 34.2 Å². The highest BCUT2D eigenvalue weighted by atomic mass is 16.5. The lowest BCUT2D eigenvalue weighted by molar-refractivity contribution is 0.0665. The lowest BCUT2D eigenvalue weighted by atomic mass is 9.87. The number of carbonyl (C=O) groups is 1. The average Bonchev–Trinajstić information content (AvgIpc) is 3.22. The number of carbonyl (C=O) groups excluding carboxylic acids is 1. The summed E-state index contributed by atoms with van der Waals surface area (Å²) in [5.41, 5.74) is 5.61. The molecular formula is C23H25N3O2. The van der Waals surface area contributed by atoms with E-state index in [-0.39, 0.29) is 11.9 Å². The Morgan fingerprint density at radius 1 is 1.18 bits per heavy atom. The maximum absolute atomic E-state index is 13.1. The van der Waals surface area contributed by atoms with Gasteiger partial charge in [-0.2, -0.15) is 5.10 Å². The number of hydrogen-bond acceptors (Lipinski definition) is 3. The van der Waals surface area contributed by atoms with Crippen LogP contribution < -0.4 is 4.74 Å². The zero-order chi connectivity index (χ0) is 19.7. The average molecular weight is 375 g/mol. The number of benzene rings is 2. The Morgan fingerprint density at radius 3 is 2.68 bits per heavy atom. The van der Waals surface area contributed by atoms with E-state index < -0.39 is 0 Å². The van der Waals surface area contributed by atoms with Gasteiger partial charge in [0.25, 0.3) is 5.91 Å². The number of methoxy groups -OCH3 is 1. The fourth-order valence-electron chi connectivity index (χ4n) is 4.10. The van der Waals surface area contributed by atoms with Crippen LogP contribution in [0.2, 0.25) is 0 Å². The van der Waals surface area contributed by atoms with Crippen molar-refractivity contribution in [3.05, 3.63) is 71.5 Å². The Balaban J connectivity index is 1.67. The monoisotopic (exact) mass is 375 g/mol. The largest absolute Gasteiger partial charge is 0.497 e. The fourth-order valence-corrected chi connectivity index (χ4v) is 4.10. The van der Waals surface area contributed by atoms with Crippen molar-refractivity contribution < 1.29 is 9.53 Å². The maximum atomic E-state index is 13.1. The molecule has 1 aromatic heterocycles. The Hall–Kier alpha value is -3.08. The fraction of sp³-hybridized carbons (Fsp3) is 0.304. The van der Waals surface area contributed by atoms with Crippen molar-refractivity contribution >= 4 is 5.91 Å². The molecule has 1 aliphatic heterocycles. The van der Waals surface area contributed by atoms with E-state index in [1.54, 1.807) is 18.0 Å². The van der Waals surface area contributed by atoms with Crippen molar-refractivity contribution in [3.8, 4) is 16.9 Å². The molecule has 1 amide bonds. The van der Waals surface area contributed by atoms with Crippen LogP contribution in [0.1, 0.15) is 41.5 Å². The van der Waals surface area contributed by atoms with E-state index in [4.69, 9.17) is 4.74 Å². The standard InChI is InChI=1S/C23H25N3O2/c1-4-26-22(12-14-24-26)23(27)25-15-13-21-19(16(25)2)6-5-7-20(21)17-8-10-18(28-3)11-9-17/h5-12,14,16H,4,13,15H2,1-3H3/t16-/m1/s1. The van der Waals surface area contributed by atoms with Gasteiger partial charge in [-0.05, 0) is 60.7 Å². The van der Waals surface area contributed by atoms with Gasteiger partial charge in [-0.25, -0.2) is 0 Å². The van der Waals surface area contributed by atoms with Gasteiger partial charge in [-0.3, -0.25) is 9.48 Å². The summed E-state index contributed by atoms with van der Waals surface area (Å²) < 4.78 is 7.04. The number of ether oxygens (including phenoxy) is 1. The minimum absolute atomic E-state index is 0.0228. The molecule has 1 atom stereocenters. The molecule has 5 heteroatoms. The molecule has 0 spiro atoms. The van der Waals surface area contributed by atoms with Gasteiger partial charge >= 0.3 is 0 Å².